The van der Waals surface area contributed by atoms with Crippen molar-refractivity contribution in [2.45, 2.75) is 26.4 Å². The van der Waals surface area contributed by atoms with Gasteiger partial charge in [0.15, 0.2) is 5.60 Å². The summed E-state index contributed by atoms with van der Waals surface area (Å²) in [4.78, 5) is 16.0. The van der Waals surface area contributed by atoms with E-state index in [-0.39, 0.29) is 0 Å². The van der Waals surface area contributed by atoms with Gasteiger partial charge in [-0.05, 0) is 45.0 Å². The molecule has 21 heavy (non-hydrogen) atoms. The van der Waals surface area contributed by atoms with Gasteiger partial charge >= 0.3 is 0 Å². The number of hydrogen-bond acceptors (Lipinski definition) is 4. The van der Waals surface area contributed by atoms with Crippen LogP contribution in [0.2, 0.25) is 0 Å². The van der Waals surface area contributed by atoms with Gasteiger partial charge in [0.25, 0.3) is 5.91 Å². The number of anilines is 1. The first kappa shape index (κ1) is 15.2. The summed E-state index contributed by atoms with van der Waals surface area (Å²) in [7, 11) is 0. The van der Waals surface area contributed by atoms with Crippen LogP contribution in [0.4, 0.5) is 5.69 Å². The highest BCUT2D eigenvalue weighted by Crippen LogP contribution is 2.17. The molecule has 0 aliphatic carbocycles. The Balaban J connectivity index is 2.17. The standard InChI is InChI=1S/C15H19N3O3/c1-10-11(2)18(9-16-10)13-6-4-12(5-7-13)17-14(20)15(3,21)8-19/h4-7,9,19,21H,8H2,1-3H3,(H,17,20). The fourth-order valence-electron chi connectivity index (χ4n) is 1.80. The zero-order valence-electron chi connectivity index (χ0n) is 12.3. The second-order valence-corrected chi connectivity index (χ2v) is 5.22. The molecule has 0 spiro atoms. The number of aryl methyl sites for hydroxylation is 1. The smallest absolute Gasteiger partial charge is 0.258 e. The summed E-state index contributed by atoms with van der Waals surface area (Å²) < 4.78 is 1.95. The lowest BCUT2D eigenvalue weighted by Gasteiger charge is -2.19. The molecule has 1 amide bonds. The Morgan fingerprint density at radius 3 is 2.43 bits per heavy atom. The number of nitrogens with one attached hydrogen (secondary N) is 1. The summed E-state index contributed by atoms with van der Waals surface area (Å²) in [6.07, 6.45) is 1.74. The van der Waals surface area contributed by atoms with Gasteiger partial charge in [0.05, 0.1) is 18.6 Å². The molecule has 1 unspecified atom stereocenters. The van der Waals surface area contributed by atoms with Gasteiger partial charge in [0.1, 0.15) is 0 Å². The van der Waals surface area contributed by atoms with Gasteiger partial charge in [-0.1, -0.05) is 0 Å². The third-order valence-corrected chi connectivity index (χ3v) is 3.45. The Morgan fingerprint density at radius 1 is 1.33 bits per heavy atom. The Bertz CT molecular complexity index is 645. The summed E-state index contributed by atoms with van der Waals surface area (Å²) in [5.41, 5.74) is 1.70. The SMILES string of the molecule is Cc1ncn(-c2ccc(NC(=O)C(C)(O)CO)cc2)c1C. The summed E-state index contributed by atoms with van der Waals surface area (Å²) in [5.74, 6) is -0.646. The minimum atomic E-state index is -1.79. The third kappa shape index (κ3) is 3.12. The zero-order valence-corrected chi connectivity index (χ0v) is 12.3. The molecule has 1 aromatic heterocycles. The number of aliphatic hydroxyl groups is 2. The largest absolute Gasteiger partial charge is 0.393 e. The maximum Gasteiger partial charge on any atom is 0.258 e. The molecular formula is C15H19N3O3. The highest BCUT2D eigenvalue weighted by atomic mass is 16.3. The molecule has 0 saturated carbocycles. The summed E-state index contributed by atoms with van der Waals surface area (Å²) in [6, 6.07) is 7.15. The van der Waals surface area contributed by atoms with Crippen LogP contribution in [0.1, 0.15) is 18.3 Å². The van der Waals surface area contributed by atoms with Crippen LogP contribution >= 0.6 is 0 Å². The van der Waals surface area contributed by atoms with Crippen molar-refractivity contribution >= 4 is 11.6 Å². The van der Waals surface area contributed by atoms with Crippen LogP contribution in [0.5, 0.6) is 0 Å². The predicted octanol–water partition coefficient (Wildman–Crippen LogP) is 1.17. The van der Waals surface area contributed by atoms with Crippen LogP contribution < -0.4 is 5.32 Å². The number of nitrogens with zero attached hydrogens (tertiary/aromatic N) is 2. The molecule has 1 atom stereocenters. The predicted molar refractivity (Wildman–Crippen MR) is 79.4 cm³/mol. The number of benzene rings is 1. The summed E-state index contributed by atoms with van der Waals surface area (Å²) >= 11 is 0. The topological polar surface area (TPSA) is 87.4 Å². The highest BCUT2D eigenvalue weighted by Gasteiger charge is 2.29. The fraction of sp³-hybridized carbons (Fsp3) is 0.333. The lowest BCUT2D eigenvalue weighted by Crippen LogP contribution is -2.43. The van der Waals surface area contributed by atoms with Crippen molar-refractivity contribution < 1.29 is 15.0 Å². The average Bonchev–Trinajstić information content (AvgIpc) is 2.80. The monoisotopic (exact) mass is 289 g/mol. The van der Waals surface area contributed by atoms with Crippen LogP contribution in [-0.2, 0) is 4.79 Å². The molecule has 1 heterocycles. The van der Waals surface area contributed by atoms with Gasteiger partial charge in [-0.25, -0.2) is 4.98 Å². The van der Waals surface area contributed by atoms with E-state index in [0.717, 1.165) is 17.1 Å². The van der Waals surface area contributed by atoms with Gasteiger partial charge in [-0.3, -0.25) is 4.79 Å². The van der Waals surface area contributed by atoms with Crippen LogP contribution in [0, 0.1) is 13.8 Å². The molecule has 2 aromatic rings. The summed E-state index contributed by atoms with van der Waals surface area (Å²) in [5, 5.41) is 21.2. The van der Waals surface area contributed by atoms with Crippen molar-refractivity contribution in [1.82, 2.24) is 9.55 Å². The number of carbonyl (C=O) groups excluding carboxylic acids is 1. The van der Waals surface area contributed by atoms with Crippen molar-refractivity contribution in [3.05, 3.63) is 42.0 Å². The molecule has 0 bridgehead atoms. The van der Waals surface area contributed by atoms with E-state index in [1.807, 2.05) is 30.5 Å². The minimum Gasteiger partial charge on any atom is -0.393 e. The molecule has 0 saturated heterocycles. The third-order valence-electron chi connectivity index (χ3n) is 3.45. The van der Waals surface area contributed by atoms with Crippen LogP contribution in [0.15, 0.2) is 30.6 Å². The molecule has 1 aromatic carbocycles. The maximum atomic E-state index is 11.7. The van der Waals surface area contributed by atoms with Crippen molar-refractivity contribution in [1.29, 1.82) is 0 Å². The Hall–Kier alpha value is -2.18. The number of hydrogen-bond donors (Lipinski definition) is 3. The summed E-state index contributed by atoms with van der Waals surface area (Å²) in [6.45, 7) is 4.55. The Morgan fingerprint density at radius 2 is 1.95 bits per heavy atom. The Labute approximate surface area is 123 Å². The van der Waals surface area contributed by atoms with Crippen molar-refractivity contribution in [3.63, 3.8) is 0 Å². The molecular weight excluding hydrogens is 270 g/mol. The van der Waals surface area contributed by atoms with E-state index < -0.39 is 18.1 Å². The molecule has 0 radical (unpaired) electrons. The zero-order chi connectivity index (χ0) is 15.6. The second-order valence-electron chi connectivity index (χ2n) is 5.22. The van der Waals surface area contributed by atoms with Gasteiger partial charge < -0.3 is 20.1 Å². The molecule has 0 fully saturated rings. The van der Waals surface area contributed by atoms with Gasteiger partial charge in [0.2, 0.25) is 0 Å². The normalized spacial score (nSPS) is 13.8. The molecule has 0 aliphatic heterocycles. The van der Waals surface area contributed by atoms with E-state index in [4.69, 9.17) is 5.11 Å². The number of rotatable bonds is 4. The number of aliphatic hydroxyl groups excluding tert-OH is 1. The number of carbonyl (C=O) groups is 1. The molecule has 0 aliphatic rings. The molecule has 3 N–H and O–H groups in total. The highest BCUT2D eigenvalue weighted by molar-refractivity contribution is 5.96. The second kappa shape index (κ2) is 5.67. The van der Waals surface area contributed by atoms with E-state index in [0.29, 0.717) is 5.69 Å². The first-order valence-electron chi connectivity index (χ1n) is 6.61. The van der Waals surface area contributed by atoms with Gasteiger partial charge in [-0.15, -0.1) is 0 Å². The number of amides is 1. The van der Waals surface area contributed by atoms with Crippen LogP contribution in [0.3, 0.4) is 0 Å². The van der Waals surface area contributed by atoms with Crippen LogP contribution in [0.25, 0.3) is 5.69 Å². The maximum absolute atomic E-state index is 11.7. The molecule has 112 valence electrons. The molecule has 6 nitrogen and oxygen atoms in total. The van der Waals surface area contributed by atoms with Gasteiger partial charge in [-0.2, -0.15) is 0 Å². The van der Waals surface area contributed by atoms with Crippen molar-refractivity contribution in [3.8, 4) is 5.69 Å². The van der Waals surface area contributed by atoms with Crippen LogP contribution in [-0.4, -0.2) is 37.9 Å². The lowest BCUT2D eigenvalue weighted by atomic mass is 10.1. The number of aromatic nitrogens is 2. The van der Waals surface area contributed by atoms with E-state index >= 15 is 0 Å². The molecule has 6 heteroatoms. The average molecular weight is 289 g/mol. The first-order valence-corrected chi connectivity index (χ1v) is 6.61. The number of imidazole rings is 1. The van der Waals surface area contributed by atoms with E-state index in [1.165, 1.54) is 6.92 Å². The van der Waals surface area contributed by atoms with E-state index in [2.05, 4.69) is 10.3 Å². The lowest BCUT2D eigenvalue weighted by molar-refractivity contribution is -0.135. The quantitative estimate of drug-likeness (QED) is 0.788. The van der Waals surface area contributed by atoms with E-state index in [9.17, 15) is 9.90 Å². The van der Waals surface area contributed by atoms with Crippen molar-refractivity contribution in [2.75, 3.05) is 11.9 Å². The molecule has 2 rings (SSSR count). The van der Waals surface area contributed by atoms with E-state index in [1.54, 1.807) is 18.5 Å². The fourth-order valence-corrected chi connectivity index (χ4v) is 1.80. The first-order chi connectivity index (χ1) is 9.85. The van der Waals surface area contributed by atoms with Crippen molar-refractivity contribution in [2.24, 2.45) is 0 Å². The Kier molecular flexibility index (Phi) is 4.11. The minimum absolute atomic E-state index is 0.548. The van der Waals surface area contributed by atoms with Gasteiger partial charge in [0, 0.05) is 17.1 Å².